The summed E-state index contributed by atoms with van der Waals surface area (Å²) in [6.45, 7) is 3.68. The molecule has 0 amide bonds. The van der Waals surface area contributed by atoms with Crippen LogP contribution < -0.4 is 19.9 Å². The first-order valence-corrected chi connectivity index (χ1v) is 8.05. The molecule has 0 saturated carbocycles. The minimum absolute atomic E-state index is 0.302. The lowest BCUT2D eigenvalue weighted by atomic mass is 9.94. The fraction of sp³-hybridized carbons (Fsp3) is 0.368. The van der Waals surface area contributed by atoms with Gasteiger partial charge in [0, 0.05) is 0 Å². The fourth-order valence-electron chi connectivity index (χ4n) is 2.81. The molecule has 0 fully saturated rings. The van der Waals surface area contributed by atoms with Crippen molar-refractivity contribution in [3.8, 4) is 17.2 Å². The van der Waals surface area contributed by atoms with Crippen LogP contribution in [0.25, 0.3) is 0 Å². The van der Waals surface area contributed by atoms with Gasteiger partial charge in [-0.2, -0.15) is 0 Å². The Hall–Kier alpha value is -2.20. The summed E-state index contributed by atoms with van der Waals surface area (Å²) in [4.78, 5) is 0. The summed E-state index contributed by atoms with van der Waals surface area (Å²) in [6, 6.07) is 14.2. The molecule has 0 bridgehead atoms. The minimum atomic E-state index is 0.302. The molecule has 0 saturated heterocycles. The van der Waals surface area contributed by atoms with Gasteiger partial charge in [-0.3, -0.25) is 0 Å². The maximum Gasteiger partial charge on any atom is 0.231 e. The smallest absolute Gasteiger partial charge is 0.231 e. The van der Waals surface area contributed by atoms with Gasteiger partial charge in [-0.1, -0.05) is 18.2 Å². The average molecular weight is 313 g/mol. The van der Waals surface area contributed by atoms with Crippen molar-refractivity contribution in [1.82, 2.24) is 0 Å². The largest absolute Gasteiger partial charge is 0.494 e. The Balaban J connectivity index is 1.51. The predicted octanol–water partition coefficient (Wildman–Crippen LogP) is 3.63. The van der Waals surface area contributed by atoms with Gasteiger partial charge in [0.2, 0.25) is 6.79 Å². The van der Waals surface area contributed by atoms with Gasteiger partial charge in [-0.15, -0.1) is 0 Å². The molecule has 0 aliphatic carbocycles. The molecule has 122 valence electrons. The number of rotatable bonds is 7. The maximum atomic E-state index is 5.95. The number of benzene rings is 2. The maximum absolute atomic E-state index is 5.95. The van der Waals surface area contributed by atoms with E-state index in [4.69, 9.17) is 19.9 Å². The average Bonchev–Trinajstić information content (AvgIpc) is 3.02. The van der Waals surface area contributed by atoms with Crippen molar-refractivity contribution in [2.75, 3.05) is 19.9 Å². The lowest BCUT2D eigenvalue weighted by Gasteiger charge is -2.16. The lowest BCUT2D eigenvalue weighted by molar-refractivity contribution is 0.174. The molecule has 4 heteroatoms. The Morgan fingerprint density at radius 3 is 2.83 bits per heavy atom. The Bertz CT molecular complexity index is 657. The van der Waals surface area contributed by atoms with E-state index in [1.54, 1.807) is 0 Å². The Morgan fingerprint density at radius 2 is 2.00 bits per heavy atom. The lowest BCUT2D eigenvalue weighted by Crippen LogP contribution is -2.13. The van der Waals surface area contributed by atoms with Gasteiger partial charge in [-0.05, 0) is 67.6 Å². The van der Waals surface area contributed by atoms with E-state index < -0.39 is 0 Å². The first-order valence-electron chi connectivity index (χ1n) is 8.05. The summed E-state index contributed by atoms with van der Waals surface area (Å²) in [5.41, 5.74) is 8.36. The van der Waals surface area contributed by atoms with Gasteiger partial charge in [-0.25, -0.2) is 0 Å². The SMILES string of the molecule is Cc1cccc(OCCCC(CN)c2ccc3c(c2)OCO3)c1. The van der Waals surface area contributed by atoms with Crippen LogP contribution in [0.1, 0.15) is 29.9 Å². The van der Waals surface area contributed by atoms with E-state index in [2.05, 4.69) is 25.1 Å². The molecule has 0 spiro atoms. The Morgan fingerprint density at radius 1 is 1.13 bits per heavy atom. The molecule has 4 nitrogen and oxygen atoms in total. The molecule has 23 heavy (non-hydrogen) atoms. The number of aryl methyl sites for hydroxylation is 1. The molecule has 0 radical (unpaired) electrons. The second-order valence-electron chi connectivity index (χ2n) is 5.85. The van der Waals surface area contributed by atoms with Crippen LogP contribution in [0.3, 0.4) is 0 Å². The van der Waals surface area contributed by atoms with Crippen LogP contribution in [-0.4, -0.2) is 19.9 Å². The molecule has 1 aliphatic rings. The van der Waals surface area contributed by atoms with Crippen molar-refractivity contribution >= 4 is 0 Å². The minimum Gasteiger partial charge on any atom is -0.494 e. The highest BCUT2D eigenvalue weighted by Gasteiger charge is 2.17. The summed E-state index contributed by atoms with van der Waals surface area (Å²) in [5, 5.41) is 0. The molecule has 3 rings (SSSR count). The molecule has 1 unspecified atom stereocenters. The molecular formula is C19H23NO3. The molecule has 2 aromatic rings. The van der Waals surface area contributed by atoms with Crippen molar-refractivity contribution < 1.29 is 14.2 Å². The van der Waals surface area contributed by atoms with Crippen LogP contribution in [-0.2, 0) is 0 Å². The van der Waals surface area contributed by atoms with E-state index in [9.17, 15) is 0 Å². The highest BCUT2D eigenvalue weighted by atomic mass is 16.7. The van der Waals surface area contributed by atoms with Crippen molar-refractivity contribution in [1.29, 1.82) is 0 Å². The molecular weight excluding hydrogens is 290 g/mol. The number of hydrogen-bond donors (Lipinski definition) is 1. The van der Waals surface area contributed by atoms with Gasteiger partial charge in [0.25, 0.3) is 0 Å². The normalized spacial score (nSPS) is 13.8. The van der Waals surface area contributed by atoms with E-state index in [0.29, 0.717) is 25.9 Å². The molecule has 2 aromatic carbocycles. The van der Waals surface area contributed by atoms with Gasteiger partial charge in [0.05, 0.1) is 6.61 Å². The second-order valence-corrected chi connectivity index (χ2v) is 5.85. The van der Waals surface area contributed by atoms with Crippen LogP contribution >= 0.6 is 0 Å². The highest BCUT2D eigenvalue weighted by Crippen LogP contribution is 2.35. The van der Waals surface area contributed by atoms with Crippen LogP contribution in [0.15, 0.2) is 42.5 Å². The zero-order valence-corrected chi connectivity index (χ0v) is 13.5. The summed E-state index contributed by atoms with van der Waals surface area (Å²) >= 11 is 0. The number of hydrogen-bond acceptors (Lipinski definition) is 4. The van der Waals surface area contributed by atoms with E-state index in [1.807, 2.05) is 24.3 Å². The second kappa shape index (κ2) is 7.38. The van der Waals surface area contributed by atoms with Crippen LogP contribution in [0.4, 0.5) is 0 Å². The van der Waals surface area contributed by atoms with Crippen LogP contribution in [0, 0.1) is 6.92 Å². The molecule has 2 N–H and O–H groups in total. The Kier molecular flexibility index (Phi) is 5.03. The third kappa shape index (κ3) is 3.96. The van der Waals surface area contributed by atoms with Crippen molar-refractivity contribution in [2.24, 2.45) is 5.73 Å². The third-order valence-corrected chi connectivity index (χ3v) is 4.11. The van der Waals surface area contributed by atoms with Gasteiger partial charge >= 0.3 is 0 Å². The molecule has 0 aromatic heterocycles. The fourth-order valence-corrected chi connectivity index (χ4v) is 2.81. The molecule has 1 heterocycles. The number of nitrogens with two attached hydrogens (primary N) is 1. The van der Waals surface area contributed by atoms with E-state index in [0.717, 1.165) is 30.1 Å². The monoisotopic (exact) mass is 313 g/mol. The first-order chi connectivity index (χ1) is 11.3. The van der Waals surface area contributed by atoms with E-state index >= 15 is 0 Å². The first kappa shape index (κ1) is 15.7. The van der Waals surface area contributed by atoms with Gasteiger partial charge in [0.1, 0.15) is 5.75 Å². The highest BCUT2D eigenvalue weighted by molar-refractivity contribution is 5.45. The predicted molar refractivity (Wildman–Crippen MR) is 90.3 cm³/mol. The summed E-state index contributed by atoms with van der Waals surface area (Å²) in [7, 11) is 0. The third-order valence-electron chi connectivity index (χ3n) is 4.11. The van der Waals surface area contributed by atoms with E-state index in [-0.39, 0.29) is 0 Å². The van der Waals surface area contributed by atoms with Crippen molar-refractivity contribution in [3.05, 3.63) is 53.6 Å². The van der Waals surface area contributed by atoms with Crippen LogP contribution in [0.5, 0.6) is 17.2 Å². The quantitative estimate of drug-likeness (QED) is 0.793. The standard InChI is InChI=1S/C19H23NO3/c1-14-4-2-6-17(10-14)21-9-3-5-16(12-20)15-7-8-18-19(11-15)23-13-22-18/h2,4,6-8,10-11,16H,3,5,9,12-13,20H2,1H3. The molecule has 1 atom stereocenters. The summed E-state index contributed by atoms with van der Waals surface area (Å²) < 4.78 is 16.6. The summed E-state index contributed by atoms with van der Waals surface area (Å²) in [5.74, 6) is 2.87. The van der Waals surface area contributed by atoms with Gasteiger partial charge in [0.15, 0.2) is 11.5 Å². The van der Waals surface area contributed by atoms with E-state index in [1.165, 1.54) is 11.1 Å². The topological polar surface area (TPSA) is 53.7 Å². The zero-order chi connectivity index (χ0) is 16.1. The number of fused-ring (bicyclic) bond motifs is 1. The van der Waals surface area contributed by atoms with Crippen molar-refractivity contribution in [2.45, 2.75) is 25.7 Å². The van der Waals surface area contributed by atoms with Gasteiger partial charge < -0.3 is 19.9 Å². The summed E-state index contributed by atoms with van der Waals surface area (Å²) in [6.07, 6.45) is 1.95. The zero-order valence-electron chi connectivity index (χ0n) is 13.5. The molecule has 1 aliphatic heterocycles. The van der Waals surface area contributed by atoms with Crippen molar-refractivity contribution in [3.63, 3.8) is 0 Å². The number of ether oxygens (including phenoxy) is 3. The van der Waals surface area contributed by atoms with Crippen LogP contribution in [0.2, 0.25) is 0 Å². The Labute approximate surface area is 137 Å².